The third-order valence-corrected chi connectivity index (χ3v) is 6.24. The molecule has 0 spiro atoms. The molecule has 1 N–H and O–H groups in total. The maximum Gasteiger partial charge on any atom is 0.243 e. The highest BCUT2D eigenvalue weighted by atomic mass is 35.5. The third kappa shape index (κ3) is 5.22. The fourth-order valence-electron chi connectivity index (χ4n) is 2.60. The van der Waals surface area contributed by atoms with Crippen LogP contribution in [0.15, 0.2) is 47.4 Å². The molecule has 0 heterocycles. The quantitative estimate of drug-likeness (QED) is 0.760. The van der Waals surface area contributed by atoms with Crippen molar-refractivity contribution >= 4 is 27.5 Å². The first-order valence-electron chi connectivity index (χ1n) is 8.31. The SMILES string of the molecule is COc1ccc(S(=O)(=O)N(C)CC(=O)N[C@@H](C)c2ccc(Cl)cc2)cc1C. The summed E-state index contributed by atoms with van der Waals surface area (Å²) in [6.07, 6.45) is 0. The minimum Gasteiger partial charge on any atom is -0.496 e. The second kappa shape index (κ2) is 8.73. The van der Waals surface area contributed by atoms with Gasteiger partial charge in [0.1, 0.15) is 5.75 Å². The molecule has 0 aliphatic rings. The number of carbonyl (C=O) groups is 1. The smallest absolute Gasteiger partial charge is 0.243 e. The van der Waals surface area contributed by atoms with E-state index in [-0.39, 0.29) is 17.5 Å². The van der Waals surface area contributed by atoms with E-state index in [1.165, 1.54) is 26.3 Å². The van der Waals surface area contributed by atoms with Crippen LogP contribution in [0.3, 0.4) is 0 Å². The lowest BCUT2D eigenvalue weighted by Gasteiger charge is -2.20. The normalized spacial score (nSPS) is 12.7. The van der Waals surface area contributed by atoms with Gasteiger partial charge in [0.15, 0.2) is 0 Å². The van der Waals surface area contributed by atoms with Gasteiger partial charge >= 0.3 is 0 Å². The Bertz CT molecular complexity index is 914. The first-order valence-corrected chi connectivity index (χ1v) is 10.1. The second-order valence-electron chi connectivity index (χ2n) is 6.23. The zero-order chi connectivity index (χ0) is 20.2. The van der Waals surface area contributed by atoms with Crippen LogP contribution in [-0.4, -0.2) is 39.3 Å². The molecule has 2 rings (SSSR count). The Balaban J connectivity index is 2.06. The summed E-state index contributed by atoms with van der Waals surface area (Å²) in [7, 11) is -0.889. The molecule has 27 heavy (non-hydrogen) atoms. The van der Waals surface area contributed by atoms with Crippen LogP contribution in [0.2, 0.25) is 5.02 Å². The first kappa shape index (κ1) is 21.2. The number of sulfonamides is 1. The molecule has 6 nitrogen and oxygen atoms in total. The number of nitrogens with zero attached hydrogens (tertiary/aromatic N) is 1. The zero-order valence-electron chi connectivity index (χ0n) is 15.7. The Hall–Kier alpha value is -2.09. The maximum absolute atomic E-state index is 12.7. The average Bonchev–Trinajstić information content (AvgIpc) is 2.61. The van der Waals surface area contributed by atoms with Gasteiger partial charge in [0.2, 0.25) is 15.9 Å². The lowest BCUT2D eigenvalue weighted by molar-refractivity contribution is -0.121. The number of carbonyl (C=O) groups excluding carboxylic acids is 1. The van der Waals surface area contributed by atoms with E-state index in [9.17, 15) is 13.2 Å². The minimum atomic E-state index is -3.79. The number of halogens is 1. The van der Waals surface area contributed by atoms with Crippen LogP contribution >= 0.6 is 11.6 Å². The molecule has 1 atom stereocenters. The highest BCUT2D eigenvalue weighted by Gasteiger charge is 2.24. The molecule has 146 valence electrons. The number of hydrogen-bond donors (Lipinski definition) is 1. The van der Waals surface area contributed by atoms with Crippen molar-refractivity contribution in [1.82, 2.24) is 9.62 Å². The van der Waals surface area contributed by atoms with E-state index in [2.05, 4.69) is 5.32 Å². The molecule has 2 aromatic rings. The van der Waals surface area contributed by atoms with Crippen molar-refractivity contribution in [3.05, 3.63) is 58.6 Å². The Kier molecular flexibility index (Phi) is 6.86. The monoisotopic (exact) mass is 410 g/mol. The Morgan fingerprint density at radius 2 is 1.85 bits per heavy atom. The number of rotatable bonds is 7. The van der Waals surface area contributed by atoms with Crippen molar-refractivity contribution in [3.63, 3.8) is 0 Å². The number of methoxy groups -OCH3 is 1. The van der Waals surface area contributed by atoms with Crippen LogP contribution in [0.5, 0.6) is 5.75 Å². The lowest BCUT2D eigenvalue weighted by atomic mass is 10.1. The molecule has 0 unspecified atom stereocenters. The Morgan fingerprint density at radius 1 is 1.22 bits per heavy atom. The Morgan fingerprint density at radius 3 is 2.41 bits per heavy atom. The molecule has 0 saturated carbocycles. The van der Waals surface area contributed by atoms with Gasteiger partial charge < -0.3 is 10.1 Å². The summed E-state index contributed by atoms with van der Waals surface area (Å²) in [6, 6.07) is 11.4. The van der Waals surface area contributed by atoms with E-state index < -0.39 is 15.9 Å². The summed E-state index contributed by atoms with van der Waals surface area (Å²) in [5.41, 5.74) is 1.58. The van der Waals surface area contributed by atoms with E-state index in [1.807, 2.05) is 19.1 Å². The summed E-state index contributed by atoms with van der Waals surface area (Å²) in [5.74, 6) is 0.208. The molecular formula is C19H23ClN2O4S. The number of nitrogens with one attached hydrogen (secondary N) is 1. The predicted octanol–water partition coefficient (Wildman–Crippen LogP) is 3.15. The standard InChI is InChI=1S/C19H23ClN2O4S/c1-13-11-17(9-10-18(13)26-4)27(24,25)22(3)12-19(23)21-14(2)15-5-7-16(20)8-6-15/h5-11,14H,12H2,1-4H3,(H,21,23)/t14-/m0/s1. The summed E-state index contributed by atoms with van der Waals surface area (Å²) >= 11 is 5.86. The average molecular weight is 411 g/mol. The van der Waals surface area contributed by atoms with Crippen LogP contribution < -0.4 is 10.1 Å². The van der Waals surface area contributed by atoms with Crippen molar-refractivity contribution in [2.75, 3.05) is 20.7 Å². The zero-order valence-corrected chi connectivity index (χ0v) is 17.3. The van der Waals surface area contributed by atoms with Crippen molar-refractivity contribution in [2.45, 2.75) is 24.8 Å². The van der Waals surface area contributed by atoms with E-state index in [0.29, 0.717) is 16.3 Å². The van der Waals surface area contributed by atoms with E-state index >= 15 is 0 Å². The van der Waals surface area contributed by atoms with Crippen molar-refractivity contribution in [2.24, 2.45) is 0 Å². The topological polar surface area (TPSA) is 75.7 Å². The molecule has 0 aromatic heterocycles. The van der Waals surface area contributed by atoms with Gasteiger partial charge in [-0.05, 0) is 55.3 Å². The van der Waals surface area contributed by atoms with Gasteiger partial charge in [0.05, 0.1) is 24.6 Å². The van der Waals surface area contributed by atoms with Gasteiger partial charge in [-0.2, -0.15) is 4.31 Å². The molecule has 1 amide bonds. The van der Waals surface area contributed by atoms with Crippen LogP contribution in [0, 0.1) is 6.92 Å². The van der Waals surface area contributed by atoms with Crippen molar-refractivity contribution in [1.29, 1.82) is 0 Å². The molecule has 8 heteroatoms. The fourth-order valence-corrected chi connectivity index (χ4v) is 3.94. The largest absolute Gasteiger partial charge is 0.496 e. The molecule has 0 saturated heterocycles. The molecule has 0 aliphatic carbocycles. The third-order valence-electron chi connectivity index (χ3n) is 4.19. The maximum atomic E-state index is 12.7. The minimum absolute atomic E-state index is 0.113. The van der Waals surface area contributed by atoms with Gasteiger partial charge in [-0.15, -0.1) is 0 Å². The molecule has 0 radical (unpaired) electrons. The van der Waals surface area contributed by atoms with Gasteiger partial charge in [-0.1, -0.05) is 23.7 Å². The number of amides is 1. The number of aryl methyl sites for hydroxylation is 1. The number of ether oxygens (including phenoxy) is 1. The first-order chi connectivity index (χ1) is 12.6. The molecule has 0 aliphatic heterocycles. The van der Waals surface area contributed by atoms with E-state index in [4.69, 9.17) is 16.3 Å². The highest BCUT2D eigenvalue weighted by Crippen LogP contribution is 2.23. The van der Waals surface area contributed by atoms with Gasteiger partial charge in [-0.25, -0.2) is 8.42 Å². The summed E-state index contributed by atoms with van der Waals surface area (Å²) in [5, 5.41) is 3.40. The summed E-state index contributed by atoms with van der Waals surface area (Å²) in [6.45, 7) is 3.30. The number of likely N-dealkylation sites (N-methyl/N-ethyl adjacent to an activating group) is 1. The molecular weight excluding hydrogens is 388 g/mol. The molecule has 2 aromatic carbocycles. The van der Waals surface area contributed by atoms with E-state index in [1.54, 1.807) is 25.1 Å². The van der Waals surface area contributed by atoms with Gasteiger partial charge in [0, 0.05) is 12.1 Å². The van der Waals surface area contributed by atoms with Crippen LogP contribution in [0.25, 0.3) is 0 Å². The van der Waals surface area contributed by atoms with E-state index in [0.717, 1.165) is 9.87 Å². The highest BCUT2D eigenvalue weighted by molar-refractivity contribution is 7.89. The molecule has 0 bridgehead atoms. The second-order valence-corrected chi connectivity index (χ2v) is 8.71. The molecule has 0 fully saturated rings. The summed E-state index contributed by atoms with van der Waals surface area (Å²) in [4.78, 5) is 12.4. The lowest BCUT2D eigenvalue weighted by Crippen LogP contribution is -2.39. The van der Waals surface area contributed by atoms with Crippen molar-refractivity contribution < 1.29 is 17.9 Å². The summed E-state index contributed by atoms with van der Waals surface area (Å²) < 4.78 is 31.6. The number of benzene rings is 2. The van der Waals surface area contributed by atoms with Crippen LogP contribution in [-0.2, 0) is 14.8 Å². The van der Waals surface area contributed by atoms with Gasteiger partial charge in [-0.3, -0.25) is 4.79 Å². The number of hydrogen-bond acceptors (Lipinski definition) is 4. The predicted molar refractivity (Wildman–Crippen MR) is 106 cm³/mol. The van der Waals surface area contributed by atoms with Crippen LogP contribution in [0.4, 0.5) is 0 Å². The fraction of sp³-hybridized carbons (Fsp3) is 0.316. The van der Waals surface area contributed by atoms with Crippen LogP contribution in [0.1, 0.15) is 24.1 Å². The Labute approximate surface area is 165 Å². The van der Waals surface area contributed by atoms with Crippen molar-refractivity contribution in [3.8, 4) is 5.75 Å². The van der Waals surface area contributed by atoms with Gasteiger partial charge in [0.25, 0.3) is 0 Å².